The zero-order valence-corrected chi connectivity index (χ0v) is 12.1. The highest BCUT2D eigenvalue weighted by Gasteiger charge is 2.13. The summed E-state index contributed by atoms with van der Waals surface area (Å²) in [6.45, 7) is 0. The number of rotatable bonds is 5. The Morgan fingerprint density at radius 1 is 0.957 bits per heavy atom. The molecule has 0 aromatic heterocycles. The fourth-order valence-corrected chi connectivity index (χ4v) is 2.09. The first-order valence-corrected chi connectivity index (χ1v) is 6.87. The van der Waals surface area contributed by atoms with Gasteiger partial charge in [-0.1, -0.05) is 24.3 Å². The summed E-state index contributed by atoms with van der Waals surface area (Å²) >= 11 is 0. The lowest BCUT2D eigenvalue weighted by Gasteiger charge is -2.19. The molecular weight excluding hydrogens is 296 g/mol. The second-order valence-electron chi connectivity index (χ2n) is 4.82. The molecule has 0 saturated heterocycles. The van der Waals surface area contributed by atoms with Gasteiger partial charge in [0.05, 0.1) is 30.2 Å². The largest absolute Gasteiger partial charge is 0.379 e. The van der Waals surface area contributed by atoms with Crippen LogP contribution in [0.3, 0.4) is 0 Å². The van der Waals surface area contributed by atoms with Crippen molar-refractivity contribution in [1.29, 1.82) is 10.5 Å². The predicted molar refractivity (Wildman–Crippen MR) is 81.7 cm³/mol. The third-order valence-corrected chi connectivity index (χ3v) is 3.24. The van der Waals surface area contributed by atoms with Crippen LogP contribution in [-0.2, 0) is 0 Å². The van der Waals surface area contributed by atoms with Crippen molar-refractivity contribution in [2.75, 3.05) is 0 Å². The molecule has 2 rings (SSSR count). The van der Waals surface area contributed by atoms with Gasteiger partial charge in [-0.3, -0.25) is 0 Å². The van der Waals surface area contributed by atoms with Gasteiger partial charge in [0.25, 0.3) is 0 Å². The summed E-state index contributed by atoms with van der Waals surface area (Å²) in [4.78, 5) is 0. The minimum absolute atomic E-state index is 0.0109. The van der Waals surface area contributed by atoms with E-state index in [-0.39, 0.29) is 23.6 Å². The van der Waals surface area contributed by atoms with Crippen LogP contribution in [-0.4, -0.2) is 0 Å². The monoisotopic (exact) mass is 309 g/mol. The second kappa shape index (κ2) is 7.72. The first kappa shape index (κ1) is 16.2. The van der Waals surface area contributed by atoms with Crippen molar-refractivity contribution in [2.45, 2.75) is 12.5 Å². The molecule has 0 unspecified atom stereocenters. The van der Waals surface area contributed by atoms with Crippen LogP contribution in [0.4, 0.5) is 8.78 Å². The van der Waals surface area contributed by atoms with Crippen LogP contribution >= 0.6 is 0 Å². The molecule has 114 valence electrons. The fraction of sp³-hybridized carbons (Fsp3) is 0.111. The van der Waals surface area contributed by atoms with Gasteiger partial charge in [-0.2, -0.15) is 10.5 Å². The molecule has 3 nitrogen and oxygen atoms in total. The first-order valence-electron chi connectivity index (χ1n) is 6.87. The summed E-state index contributed by atoms with van der Waals surface area (Å²) < 4.78 is 26.2. The number of nitrogens with zero attached hydrogens (tertiary/aromatic N) is 2. The Bertz CT molecular complexity index is 720. The number of hydrogen-bond donors (Lipinski definition) is 1. The second-order valence-corrected chi connectivity index (χ2v) is 4.82. The number of nitrogens with one attached hydrogen (secondary N) is 1. The van der Waals surface area contributed by atoms with E-state index in [1.54, 1.807) is 24.3 Å². The van der Waals surface area contributed by atoms with E-state index in [1.807, 2.05) is 12.1 Å². The minimum atomic E-state index is -0.391. The number of allylic oxidation sites excluding steroid dienone is 1. The molecule has 0 spiro atoms. The Kier molecular flexibility index (Phi) is 5.44. The summed E-state index contributed by atoms with van der Waals surface area (Å²) in [7, 11) is 0. The third-order valence-electron chi connectivity index (χ3n) is 3.24. The van der Waals surface area contributed by atoms with Crippen LogP contribution in [0.15, 0.2) is 60.3 Å². The molecule has 1 N–H and O–H groups in total. The third kappa shape index (κ3) is 4.39. The van der Waals surface area contributed by atoms with E-state index in [9.17, 15) is 8.78 Å². The minimum Gasteiger partial charge on any atom is -0.379 e. The van der Waals surface area contributed by atoms with Crippen molar-refractivity contribution in [3.05, 3.63) is 83.1 Å². The standard InChI is InChI=1S/C18H13F2N3/c19-16-5-1-14(2-6-16)18(15-3-7-17(20)8-4-15)23-12-13(11-22)9-10-21/h1-8,12,18,23H,9H2. The van der Waals surface area contributed by atoms with Crippen LogP contribution in [0.5, 0.6) is 0 Å². The van der Waals surface area contributed by atoms with Gasteiger partial charge in [-0.25, -0.2) is 8.78 Å². The lowest BCUT2D eigenvalue weighted by Crippen LogP contribution is -2.17. The van der Waals surface area contributed by atoms with Gasteiger partial charge in [-0.05, 0) is 35.4 Å². The first-order chi connectivity index (χ1) is 11.1. The SMILES string of the molecule is N#CCC(C#N)=CNC(c1ccc(F)cc1)c1ccc(F)cc1. The van der Waals surface area contributed by atoms with Gasteiger partial charge >= 0.3 is 0 Å². The molecule has 0 aliphatic rings. The average Bonchev–Trinajstić information content (AvgIpc) is 2.57. The molecule has 0 radical (unpaired) electrons. The molecule has 5 heteroatoms. The molecule has 0 saturated carbocycles. The average molecular weight is 309 g/mol. The molecule has 2 aromatic rings. The highest BCUT2D eigenvalue weighted by molar-refractivity contribution is 5.34. The van der Waals surface area contributed by atoms with E-state index in [0.717, 1.165) is 11.1 Å². The zero-order valence-electron chi connectivity index (χ0n) is 12.1. The van der Waals surface area contributed by atoms with Gasteiger partial charge in [0.15, 0.2) is 0 Å². The summed E-state index contributed by atoms with van der Waals surface area (Å²) in [5.41, 5.74) is 1.79. The van der Waals surface area contributed by atoms with E-state index in [0.29, 0.717) is 0 Å². The summed E-state index contributed by atoms with van der Waals surface area (Å²) in [5.74, 6) is -0.714. The predicted octanol–water partition coefficient (Wildman–Crippen LogP) is 3.96. The van der Waals surface area contributed by atoms with Crippen LogP contribution in [0.25, 0.3) is 0 Å². The van der Waals surface area contributed by atoms with Crippen molar-refractivity contribution < 1.29 is 8.78 Å². The maximum atomic E-state index is 13.1. The fourth-order valence-electron chi connectivity index (χ4n) is 2.09. The Morgan fingerprint density at radius 2 is 1.43 bits per heavy atom. The molecule has 0 bridgehead atoms. The quantitative estimate of drug-likeness (QED) is 0.850. The van der Waals surface area contributed by atoms with Gasteiger partial charge in [-0.15, -0.1) is 0 Å². The lowest BCUT2D eigenvalue weighted by atomic mass is 9.98. The summed E-state index contributed by atoms with van der Waals surface area (Å²) in [6.07, 6.45) is 1.45. The van der Waals surface area contributed by atoms with E-state index in [2.05, 4.69) is 5.32 Å². The van der Waals surface area contributed by atoms with Crippen molar-refractivity contribution in [3.8, 4) is 12.1 Å². The number of hydrogen-bond acceptors (Lipinski definition) is 3. The Hall–Kier alpha value is -3.18. The van der Waals surface area contributed by atoms with Gasteiger partial charge in [0, 0.05) is 6.20 Å². The van der Waals surface area contributed by atoms with E-state index < -0.39 is 6.04 Å². The van der Waals surface area contributed by atoms with Crippen LogP contribution in [0, 0.1) is 34.3 Å². The van der Waals surface area contributed by atoms with E-state index in [4.69, 9.17) is 10.5 Å². The molecule has 23 heavy (non-hydrogen) atoms. The smallest absolute Gasteiger partial charge is 0.123 e. The van der Waals surface area contributed by atoms with Crippen LogP contribution in [0.1, 0.15) is 23.6 Å². The number of nitriles is 2. The molecule has 0 aliphatic heterocycles. The Morgan fingerprint density at radius 3 is 1.83 bits per heavy atom. The highest BCUT2D eigenvalue weighted by atomic mass is 19.1. The molecule has 0 aliphatic carbocycles. The van der Waals surface area contributed by atoms with Crippen molar-refractivity contribution in [2.24, 2.45) is 0 Å². The Labute approximate surface area is 133 Å². The zero-order chi connectivity index (χ0) is 16.7. The van der Waals surface area contributed by atoms with E-state index in [1.165, 1.54) is 30.5 Å². The molecule has 0 fully saturated rings. The van der Waals surface area contributed by atoms with Gasteiger partial charge in [0.1, 0.15) is 11.6 Å². The summed E-state index contributed by atoms with van der Waals surface area (Å²) in [5, 5.41) is 20.7. The maximum absolute atomic E-state index is 13.1. The highest BCUT2D eigenvalue weighted by Crippen LogP contribution is 2.23. The van der Waals surface area contributed by atoms with Gasteiger partial charge in [0.2, 0.25) is 0 Å². The van der Waals surface area contributed by atoms with Crippen molar-refractivity contribution in [3.63, 3.8) is 0 Å². The molecular formula is C18H13F2N3. The molecule has 2 aromatic carbocycles. The molecule has 0 amide bonds. The van der Waals surface area contributed by atoms with E-state index >= 15 is 0 Å². The normalized spacial score (nSPS) is 10.9. The Balaban J connectivity index is 2.35. The van der Waals surface area contributed by atoms with Crippen molar-refractivity contribution in [1.82, 2.24) is 5.32 Å². The molecule has 0 atom stereocenters. The van der Waals surface area contributed by atoms with Crippen LogP contribution < -0.4 is 5.32 Å². The summed E-state index contributed by atoms with van der Waals surface area (Å²) in [6, 6.07) is 15.2. The lowest BCUT2D eigenvalue weighted by molar-refractivity contribution is 0.622. The maximum Gasteiger partial charge on any atom is 0.123 e. The van der Waals surface area contributed by atoms with Crippen molar-refractivity contribution >= 4 is 0 Å². The number of benzene rings is 2. The topological polar surface area (TPSA) is 59.6 Å². The molecule has 0 heterocycles. The van der Waals surface area contributed by atoms with Gasteiger partial charge < -0.3 is 5.32 Å². The van der Waals surface area contributed by atoms with Crippen LogP contribution in [0.2, 0.25) is 0 Å². The number of halogens is 2.